The van der Waals surface area contributed by atoms with Crippen LogP contribution in [0.15, 0.2) is 58.8 Å². The number of hydrogen-bond donors (Lipinski definition) is 0. The molecule has 2 rings (SSSR count). The van der Waals surface area contributed by atoms with Crippen LogP contribution in [-0.2, 0) is 15.9 Å². The molecule has 0 saturated heterocycles. The molecule has 33 heavy (non-hydrogen) atoms. The van der Waals surface area contributed by atoms with Crippen molar-refractivity contribution >= 4 is 11.4 Å². The molecule has 0 aliphatic carbocycles. The third-order valence-corrected chi connectivity index (χ3v) is 5.43. The largest absolute Gasteiger partial charge is 0.494 e. The molecule has 2 aromatic rings. The second-order valence-electron chi connectivity index (χ2n) is 8.21. The number of unbranched alkanes of at least 4 members (excludes halogenated alkanes) is 5. The summed E-state index contributed by atoms with van der Waals surface area (Å²) in [6.45, 7) is 8.16. The van der Waals surface area contributed by atoms with Gasteiger partial charge in [0.1, 0.15) is 5.75 Å². The molecule has 5 heteroatoms. The van der Waals surface area contributed by atoms with E-state index in [1.54, 1.807) is 0 Å². The lowest BCUT2D eigenvalue weighted by molar-refractivity contribution is -0.140. The zero-order valence-corrected chi connectivity index (χ0v) is 20.8. The Labute approximate surface area is 200 Å². The van der Waals surface area contributed by atoms with Crippen molar-refractivity contribution in [3.8, 4) is 5.75 Å². The molecule has 0 radical (unpaired) electrons. The Hall–Kier alpha value is -2.24. The molecule has 0 fully saturated rings. The molecule has 182 valence electrons. The number of rotatable bonds is 18. The first-order valence-electron chi connectivity index (χ1n) is 12.7. The Morgan fingerprint density at radius 1 is 0.667 bits per heavy atom. The summed E-state index contributed by atoms with van der Waals surface area (Å²) in [5.74, 6) is 0.831. The van der Waals surface area contributed by atoms with Gasteiger partial charge in [-0.3, -0.25) is 0 Å². The lowest BCUT2D eigenvalue weighted by Gasteiger charge is -2.16. The van der Waals surface area contributed by atoms with Crippen molar-refractivity contribution in [1.82, 2.24) is 0 Å². The molecule has 0 bridgehead atoms. The minimum Gasteiger partial charge on any atom is -0.494 e. The molecular formula is C28H42N2O3. The first-order chi connectivity index (χ1) is 16.2. The van der Waals surface area contributed by atoms with E-state index in [-0.39, 0.29) is 6.29 Å². The molecule has 0 atom stereocenters. The molecule has 5 nitrogen and oxygen atoms in total. The third kappa shape index (κ3) is 12.0. The van der Waals surface area contributed by atoms with Crippen molar-refractivity contribution in [2.24, 2.45) is 10.2 Å². The Kier molecular flexibility index (Phi) is 14.1. The summed E-state index contributed by atoms with van der Waals surface area (Å²) in [6.07, 6.45) is 10.7. The summed E-state index contributed by atoms with van der Waals surface area (Å²) in [5.41, 5.74) is 3.06. The topological polar surface area (TPSA) is 52.4 Å². The maximum atomic E-state index is 5.82. The number of aryl methyl sites for hydroxylation is 1. The van der Waals surface area contributed by atoms with Crippen molar-refractivity contribution in [1.29, 1.82) is 0 Å². The van der Waals surface area contributed by atoms with E-state index in [9.17, 15) is 0 Å². The Morgan fingerprint density at radius 3 is 1.85 bits per heavy atom. The first kappa shape index (κ1) is 27.0. The molecule has 0 spiro atoms. The number of ether oxygens (including phenoxy) is 3. The van der Waals surface area contributed by atoms with E-state index in [2.05, 4.69) is 29.3 Å². The highest BCUT2D eigenvalue weighted by atomic mass is 16.7. The van der Waals surface area contributed by atoms with Crippen molar-refractivity contribution in [3.05, 3.63) is 54.1 Å². The average molecular weight is 455 g/mol. The Balaban J connectivity index is 1.69. The van der Waals surface area contributed by atoms with Crippen LogP contribution in [0.3, 0.4) is 0 Å². The van der Waals surface area contributed by atoms with Crippen LogP contribution in [0.25, 0.3) is 0 Å². The van der Waals surface area contributed by atoms with Crippen LogP contribution < -0.4 is 4.74 Å². The SMILES string of the molecule is CCCCCCCCc1ccc(N=Nc2ccc(OCCCC(OCC)OCC)cc2)cc1. The molecule has 2 aromatic carbocycles. The fraction of sp³-hybridized carbons (Fsp3) is 0.571. The Morgan fingerprint density at radius 2 is 1.24 bits per heavy atom. The minimum absolute atomic E-state index is 0.143. The predicted molar refractivity (Wildman–Crippen MR) is 136 cm³/mol. The van der Waals surface area contributed by atoms with Crippen LogP contribution in [0.1, 0.15) is 77.7 Å². The second kappa shape index (κ2) is 17.3. The summed E-state index contributed by atoms with van der Waals surface area (Å²) in [6, 6.07) is 16.1. The van der Waals surface area contributed by atoms with Gasteiger partial charge in [0.2, 0.25) is 0 Å². The predicted octanol–water partition coefficient (Wildman–Crippen LogP) is 8.56. The van der Waals surface area contributed by atoms with E-state index >= 15 is 0 Å². The van der Waals surface area contributed by atoms with Gasteiger partial charge in [-0.15, -0.1) is 0 Å². The zero-order valence-electron chi connectivity index (χ0n) is 20.8. The molecule has 0 saturated carbocycles. The molecule has 0 aliphatic rings. The van der Waals surface area contributed by atoms with Crippen LogP contribution in [0.5, 0.6) is 5.75 Å². The van der Waals surface area contributed by atoms with E-state index in [0.717, 1.165) is 36.4 Å². The maximum absolute atomic E-state index is 5.82. The standard InChI is InChI=1S/C28H42N2O3/c1-4-7-8-9-10-11-13-24-15-17-25(18-16-24)29-30-26-19-21-27(22-20-26)33-23-12-14-28(31-5-2)32-6-3/h15-22,28H,4-14,23H2,1-3H3. The average Bonchev–Trinajstić information content (AvgIpc) is 2.84. The van der Waals surface area contributed by atoms with Gasteiger partial charge in [0.15, 0.2) is 6.29 Å². The second-order valence-corrected chi connectivity index (χ2v) is 8.21. The van der Waals surface area contributed by atoms with E-state index in [4.69, 9.17) is 14.2 Å². The summed E-state index contributed by atoms with van der Waals surface area (Å²) in [4.78, 5) is 0. The van der Waals surface area contributed by atoms with Crippen LogP contribution in [0.2, 0.25) is 0 Å². The third-order valence-electron chi connectivity index (χ3n) is 5.43. The van der Waals surface area contributed by atoms with E-state index < -0.39 is 0 Å². The maximum Gasteiger partial charge on any atom is 0.157 e. The highest BCUT2D eigenvalue weighted by Crippen LogP contribution is 2.22. The minimum atomic E-state index is -0.143. The van der Waals surface area contributed by atoms with Crippen LogP contribution in [0.4, 0.5) is 11.4 Å². The molecule has 0 unspecified atom stereocenters. The van der Waals surface area contributed by atoms with Crippen LogP contribution in [0, 0.1) is 0 Å². The molecular weight excluding hydrogens is 412 g/mol. The zero-order chi connectivity index (χ0) is 23.6. The van der Waals surface area contributed by atoms with Gasteiger partial charge in [0.25, 0.3) is 0 Å². The highest BCUT2D eigenvalue weighted by molar-refractivity contribution is 5.43. The van der Waals surface area contributed by atoms with Gasteiger partial charge in [0, 0.05) is 19.6 Å². The molecule has 0 aromatic heterocycles. The van der Waals surface area contributed by atoms with Crippen LogP contribution in [-0.4, -0.2) is 26.1 Å². The quantitative estimate of drug-likeness (QED) is 0.129. The lowest BCUT2D eigenvalue weighted by Crippen LogP contribution is -2.18. The first-order valence-corrected chi connectivity index (χ1v) is 12.7. The van der Waals surface area contributed by atoms with Gasteiger partial charge in [-0.2, -0.15) is 10.2 Å². The lowest BCUT2D eigenvalue weighted by atomic mass is 10.0. The van der Waals surface area contributed by atoms with E-state index in [0.29, 0.717) is 19.8 Å². The molecule has 0 amide bonds. The fourth-order valence-electron chi connectivity index (χ4n) is 3.59. The summed E-state index contributed by atoms with van der Waals surface area (Å²) < 4.78 is 16.9. The highest BCUT2D eigenvalue weighted by Gasteiger charge is 2.07. The monoisotopic (exact) mass is 454 g/mol. The fourth-order valence-corrected chi connectivity index (χ4v) is 3.59. The summed E-state index contributed by atoms with van der Waals surface area (Å²) in [7, 11) is 0. The van der Waals surface area contributed by atoms with Crippen molar-refractivity contribution < 1.29 is 14.2 Å². The number of azo groups is 1. The van der Waals surface area contributed by atoms with Gasteiger partial charge >= 0.3 is 0 Å². The van der Waals surface area contributed by atoms with Gasteiger partial charge in [-0.25, -0.2) is 0 Å². The molecule has 0 heterocycles. The van der Waals surface area contributed by atoms with Gasteiger partial charge in [0.05, 0.1) is 18.0 Å². The Bertz CT molecular complexity index is 754. The van der Waals surface area contributed by atoms with Gasteiger partial charge in [-0.05, 0) is 75.1 Å². The number of benzene rings is 2. The number of nitrogens with zero attached hydrogens (tertiary/aromatic N) is 2. The van der Waals surface area contributed by atoms with Gasteiger partial charge in [-0.1, -0.05) is 51.2 Å². The molecule has 0 aliphatic heterocycles. The van der Waals surface area contributed by atoms with E-state index in [1.807, 2.05) is 50.2 Å². The van der Waals surface area contributed by atoms with Gasteiger partial charge < -0.3 is 14.2 Å². The van der Waals surface area contributed by atoms with Crippen LogP contribution >= 0.6 is 0 Å². The van der Waals surface area contributed by atoms with Crippen molar-refractivity contribution in [2.45, 2.75) is 84.8 Å². The summed E-state index contributed by atoms with van der Waals surface area (Å²) in [5, 5.41) is 8.71. The van der Waals surface area contributed by atoms with E-state index in [1.165, 1.54) is 44.1 Å². The smallest absolute Gasteiger partial charge is 0.157 e. The molecule has 0 N–H and O–H groups in total. The normalized spacial score (nSPS) is 11.5. The van der Waals surface area contributed by atoms with Crippen molar-refractivity contribution in [2.75, 3.05) is 19.8 Å². The summed E-state index contributed by atoms with van der Waals surface area (Å²) >= 11 is 0. The van der Waals surface area contributed by atoms with Crippen molar-refractivity contribution in [3.63, 3.8) is 0 Å². The number of hydrogen-bond acceptors (Lipinski definition) is 5.